The molecule has 1 atom stereocenters. The lowest BCUT2D eigenvalue weighted by Crippen LogP contribution is -2.46. The molecule has 6 heteroatoms. The van der Waals surface area contributed by atoms with E-state index < -0.39 is 29.5 Å². The molecule has 0 saturated carbocycles. The molecule has 0 aliphatic heterocycles. The van der Waals surface area contributed by atoms with E-state index in [1.54, 1.807) is 26.8 Å². The van der Waals surface area contributed by atoms with Crippen molar-refractivity contribution in [1.82, 2.24) is 4.90 Å². The highest BCUT2D eigenvalue weighted by Gasteiger charge is 2.30. The molecule has 1 aromatic carbocycles. The smallest absolute Gasteiger partial charge is 0.410 e. The van der Waals surface area contributed by atoms with E-state index in [4.69, 9.17) is 4.74 Å². The van der Waals surface area contributed by atoms with Crippen LogP contribution in [0, 0.1) is 5.82 Å². The third kappa shape index (κ3) is 5.41. The second-order valence-electron chi connectivity index (χ2n) is 5.78. The molecule has 0 aliphatic carbocycles. The lowest BCUT2D eigenvalue weighted by atomic mass is 10.1. The van der Waals surface area contributed by atoms with Gasteiger partial charge in [0.15, 0.2) is 0 Å². The molecule has 0 radical (unpaired) electrons. The topological polar surface area (TPSA) is 66.8 Å². The van der Waals surface area contributed by atoms with Gasteiger partial charge in [0.05, 0.1) is 0 Å². The monoisotopic (exact) mass is 297 g/mol. The van der Waals surface area contributed by atoms with E-state index in [0.29, 0.717) is 5.56 Å². The molecule has 1 unspecified atom stereocenters. The molecule has 1 rings (SSSR count). The zero-order valence-electron chi connectivity index (χ0n) is 12.6. The van der Waals surface area contributed by atoms with E-state index in [9.17, 15) is 19.1 Å². The maximum Gasteiger partial charge on any atom is 0.410 e. The fourth-order valence-corrected chi connectivity index (χ4v) is 1.74. The highest BCUT2D eigenvalue weighted by atomic mass is 19.1. The normalized spacial score (nSPS) is 12.6. The molecular weight excluding hydrogens is 277 g/mol. The second kappa shape index (κ2) is 6.56. The number of ether oxygens (including phenoxy) is 1. The number of aliphatic carboxylic acids is 1. The number of carboxylic acid groups (broad SMARTS) is 1. The molecule has 0 spiro atoms. The SMILES string of the molecule is CN(C(=O)OC(C)(C)C)C(Cc1cccc(F)c1)C(=O)O. The number of nitrogens with zero attached hydrogens (tertiary/aromatic N) is 1. The van der Waals surface area contributed by atoms with Crippen LogP contribution in [0.3, 0.4) is 0 Å². The third-order valence-electron chi connectivity index (χ3n) is 2.75. The summed E-state index contributed by atoms with van der Waals surface area (Å²) < 4.78 is 18.3. The number of carbonyl (C=O) groups excluding carboxylic acids is 1. The molecule has 0 aromatic heterocycles. The van der Waals surface area contributed by atoms with Crippen LogP contribution < -0.4 is 0 Å². The van der Waals surface area contributed by atoms with Gasteiger partial charge in [-0.15, -0.1) is 0 Å². The Balaban J connectivity index is 2.86. The number of benzene rings is 1. The molecular formula is C15H20FNO4. The van der Waals surface area contributed by atoms with Gasteiger partial charge in [-0.3, -0.25) is 4.90 Å². The van der Waals surface area contributed by atoms with Gasteiger partial charge in [0.25, 0.3) is 0 Å². The highest BCUT2D eigenvalue weighted by molar-refractivity contribution is 5.80. The molecule has 0 aliphatic rings. The van der Waals surface area contributed by atoms with Crippen molar-refractivity contribution in [3.05, 3.63) is 35.6 Å². The number of amides is 1. The Morgan fingerprint density at radius 2 is 2.00 bits per heavy atom. The zero-order valence-corrected chi connectivity index (χ0v) is 12.6. The van der Waals surface area contributed by atoms with Gasteiger partial charge in [-0.1, -0.05) is 12.1 Å². The van der Waals surface area contributed by atoms with Crippen LogP contribution in [0.4, 0.5) is 9.18 Å². The number of halogens is 1. The fourth-order valence-electron chi connectivity index (χ4n) is 1.74. The van der Waals surface area contributed by atoms with Gasteiger partial charge in [0.1, 0.15) is 17.5 Å². The predicted octanol–water partition coefficient (Wildman–Crippen LogP) is 2.69. The van der Waals surface area contributed by atoms with Gasteiger partial charge >= 0.3 is 12.1 Å². The van der Waals surface area contributed by atoms with Gasteiger partial charge in [0, 0.05) is 13.5 Å². The maximum atomic E-state index is 13.1. The van der Waals surface area contributed by atoms with Crippen LogP contribution in [0.2, 0.25) is 0 Å². The fraction of sp³-hybridized carbons (Fsp3) is 0.467. The van der Waals surface area contributed by atoms with Gasteiger partial charge in [-0.05, 0) is 38.5 Å². The molecule has 1 N–H and O–H groups in total. The van der Waals surface area contributed by atoms with Crippen LogP contribution in [0.25, 0.3) is 0 Å². The summed E-state index contributed by atoms with van der Waals surface area (Å²) in [5, 5.41) is 9.28. The number of likely N-dealkylation sites (N-methyl/N-ethyl adjacent to an activating group) is 1. The number of rotatable bonds is 4. The van der Waals surface area contributed by atoms with Gasteiger partial charge < -0.3 is 9.84 Å². The first-order chi connectivity index (χ1) is 9.60. The Morgan fingerprint density at radius 1 is 1.38 bits per heavy atom. The predicted molar refractivity (Wildman–Crippen MR) is 75.5 cm³/mol. The molecule has 0 heterocycles. The van der Waals surface area contributed by atoms with Crippen LogP contribution in [0.1, 0.15) is 26.3 Å². The molecule has 5 nitrogen and oxygen atoms in total. The van der Waals surface area contributed by atoms with Crippen LogP contribution in [0.15, 0.2) is 24.3 Å². The standard InChI is InChI=1S/C15H20FNO4/c1-15(2,3)21-14(20)17(4)12(13(18)19)9-10-6-5-7-11(16)8-10/h5-8,12H,9H2,1-4H3,(H,18,19). The maximum absolute atomic E-state index is 13.1. The summed E-state index contributed by atoms with van der Waals surface area (Å²) in [7, 11) is 1.35. The molecule has 0 fully saturated rings. The summed E-state index contributed by atoms with van der Waals surface area (Å²) in [5.74, 6) is -1.62. The van der Waals surface area contributed by atoms with Crippen LogP contribution in [0.5, 0.6) is 0 Å². The molecule has 21 heavy (non-hydrogen) atoms. The summed E-state index contributed by atoms with van der Waals surface area (Å²) >= 11 is 0. The van der Waals surface area contributed by atoms with E-state index in [-0.39, 0.29) is 6.42 Å². The van der Waals surface area contributed by atoms with Gasteiger partial charge in [0.2, 0.25) is 0 Å². The van der Waals surface area contributed by atoms with Crippen molar-refractivity contribution < 1.29 is 23.8 Å². The van der Waals surface area contributed by atoms with Crippen LogP contribution in [-0.2, 0) is 16.0 Å². The Hall–Kier alpha value is -2.11. The van der Waals surface area contributed by atoms with Crippen molar-refractivity contribution in [3.63, 3.8) is 0 Å². The quantitative estimate of drug-likeness (QED) is 0.928. The summed E-state index contributed by atoms with van der Waals surface area (Å²) in [6.45, 7) is 5.09. The van der Waals surface area contributed by atoms with Crippen LogP contribution >= 0.6 is 0 Å². The van der Waals surface area contributed by atoms with Gasteiger partial charge in [-0.25, -0.2) is 14.0 Å². The van der Waals surface area contributed by atoms with Crippen molar-refractivity contribution in [1.29, 1.82) is 0 Å². The molecule has 116 valence electrons. The lowest BCUT2D eigenvalue weighted by Gasteiger charge is -2.28. The van der Waals surface area contributed by atoms with E-state index in [2.05, 4.69) is 0 Å². The number of hydrogen-bond acceptors (Lipinski definition) is 3. The first-order valence-electron chi connectivity index (χ1n) is 6.53. The van der Waals surface area contributed by atoms with E-state index in [0.717, 1.165) is 4.90 Å². The second-order valence-corrected chi connectivity index (χ2v) is 5.78. The first-order valence-corrected chi connectivity index (χ1v) is 6.53. The Bertz CT molecular complexity index is 525. The summed E-state index contributed by atoms with van der Waals surface area (Å²) in [5.41, 5.74) is -0.217. The van der Waals surface area contributed by atoms with Crippen molar-refractivity contribution in [2.24, 2.45) is 0 Å². The highest BCUT2D eigenvalue weighted by Crippen LogP contribution is 2.14. The Morgan fingerprint density at radius 3 is 2.48 bits per heavy atom. The first kappa shape index (κ1) is 16.9. The van der Waals surface area contributed by atoms with Gasteiger partial charge in [-0.2, -0.15) is 0 Å². The van der Waals surface area contributed by atoms with Crippen molar-refractivity contribution >= 4 is 12.1 Å². The third-order valence-corrected chi connectivity index (χ3v) is 2.75. The summed E-state index contributed by atoms with van der Waals surface area (Å²) in [6.07, 6.45) is -0.727. The molecule has 0 saturated heterocycles. The largest absolute Gasteiger partial charge is 0.480 e. The minimum atomic E-state index is -1.17. The molecule has 1 aromatic rings. The molecule has 0 bridgehead atoms. The number of hydrogen-bond donors (Lipinski definition) is 1. The summed E-state index contributed by atoms with van der Waals surface area (Å²) in [4.78, 5) is 24.3. The molecule has 1 amide bonds. The minimum absolute atomic E-state index is 0.00281. The average Bonchev–Trinajstić information content (AvgIpc) is 2.32. The minimum Gasteiger partial charge on any atom is -0.480 e. The van der Waals surface area contributed by atoms with Crippen molar-refractivity contribution in [2.45, 2.75) is 38.8 Å². The van der Waals surface area contributed by atoms with Crippen molar-refractivity contribution in [2.75, 3.05) is 7.05 Å². The Labute approximate surface area is 123 Å². The number of carboxylic acids is 1. The van der Waals surface area contributed by atoms with E-state index in [1.807, 2.05) is 0 Å². The summed E-state index contributed by atoms with van der Waals surface area (Å²) in [6, 6.07) is 4.51. The van der Waals surface area contributed by atoms with Crippen LogP contribution in [-0.4, -0.2) is 40.8 Å². The average molecular weight is 297 g/mol. The lowest BCUT2D eigenvalue weighted by molar-refractivity contribution is -0.142. The van der Waals surface area contributed by atoms with E-state index in [1.165, 1.54) is 25.2 Å². The number of carbonyl (C=O) groups is 2. The van der Waals surface area contributed by atoms with Crippen molar-refractivity contribution in [3.8, 4) is 0 Å². The Kier molecular flexibility index (Phi) is 5.29. The zero-order chi connectivity index (χ0) is 16.2. The van der Waals surface area contributed by atoms with E-state index >= 15 is 0 Å².